The van der Waals surface area contributed by atoms with Gasteiger partial charge in [0.15, 0.2) is 0 Å². The van der Waals surface area contributed by atoms with E-state index in [2.05, 4.69) is 128 Å². The first-order valence-corrected chi connectivity index (χ1v) is 25.1. The van der Waals surface area contributed by atoms with E-state index in [-0.39, 0.29) is 11.3 Å². The van der Waals surface area contributed by atoms with Crippen molar-refractivity contribution in [3.8, 4) is 34.4 Å². The molecule has 17 rings (SSSR count). The largest absolute Gasteiger partial charge is 0.455 e. The normalized spacial score (nSPS) is 12.2. The summed E-state index contributed by atoms with van der Waals surface area (Å²) >= 11 is 0. The van der Waals surface area contributed by atoms with Gasteiger partial charge in [0.1, 0.15) is 33.5 Å². The number of nitriles is 1. The second-order valence-electron chi connectivity index (χ2n) is 19.4. The maximum Gasteiger partial charge on any atom is 0.232 e. The van der Waals surface area contributed by atoms with Crippen LogP contribution in [0.2, 0.25) is 0 Å². The number of pyridine rings is 1. The van der Waals surface area contributed by atoms with E-state index in [1.54, 1.807) is 6.20 Å². The zero-order valence-electron chi connectivity index (χ0n) is 40.0. The van der Waals surface area contributed by atoms with E-state index in [9.17, 15) is 11.8 Å². The molecule has 9 nitrogen and oxygen atoms in total. The lowest BCUT2D eigenvalue weighted by molar-refractivity contribution is 0.672. The Bertz CT molecular complexity index is 5510. The first-order chi connectivity index (χ1) is 37.7. The van der Waals surface area contributed by atoms with Crippen molar-refractivity contribution in [2.24, 2.45) is 0 Å². The summed E-state index contributed by atoms with van der Waals surface area (Å²) in [6, 6.07) is 70.7. The van der Waals surface area contributed by atoms with Gasteiger partial charge < -0.3 is 27.0 Å². The third kappa shape index (κ3) is 5.12. The van der Waals surface area contributed by atoms with Crippen molar-refractivity contribution in [1.82, 2.24) is 18.7 Å². The zero-order valence-corrected chi connectivity index (χ0v) is 40.0. The van der Waals surface area contributed by atoms with Gasteiger partial charge in [-0.3, -0.25) is 4.98 Å². The molecule has 0 saturated heterocycles. The molecule has 0 amide bonds. The molecule has 9 heteroatoms. The third-order valence-electron chi connectivity index (χ3n) is 15.8. The van der Waals surface area contributed by atoms with E-state index in [0.29, 0.717) is 28.3 Å². The number of hydrogen-bond acceptors (Lipinski definition) is 5. The van der Waals surface area contributed by atoms with Gasteiger partial charge in [-0.15, -0.1) is 0 Å². The van der Waals surface area contributed by atoms with Crippen LogP contribution < -0.4 is 0 Å². The predicted molar refractivity (Wildman–Crippen MR) is 306 cm³/mol. The summed E-state index contributed by atoms with van der Waals surface area (Å²) in [5.41, 5.74) is 12.9. The van der Waals surface area contributed by atoms with E-state index in [1.807, 2.05) is 97.1 Å². The number of nitrogens with zero attached hydrogens (tertiary/aromatic N) is 6. The third-order valence-corrected chi connectivity index (χ3v) is 15.8. The number of benzene rings is 10. The Morgan fingerprint density at radius 1 is 0.382 bits per heavy atom. The van der Waals surface area contributed by atoms with Crippen LogP contribution in [0.4, 0.5) is 5.69 Å². The number of hydrogen-bond donors (Lipinski definition) is 0. The Morgan fingerprint density at radius 2 is 0.763 bits per heavy atom. The molecule has 7 aromatic heterocycles. The van der Waals surface area contributed by atoms with Crippen LogP contribution in [0, 0.1) is 17.9 Å². The van der Waals surface area contributed by atoms with Gasteiger partial charge in [-0.1, -0.05) is 115 Å². The van der Waals surface area contributed by atoms with Crippen molar-refractivity contribution >= 4 is 137 Å². The summed E-state index contributed by atoms with van der Waals surface area (Å²) in [5, 5.41) is 23.7. The van der Waals surface area contributed by atoms with Crippen molar-refractivity contribution in [2.75, 3.05) is 0 Å². The first kappa shape index (κ1) is 40.7. The molecule has 17 aromatic rings. The molecule has 0 saturated carbocycles. The molecule has 0 aliphatic heterocycles. The highest BCUT2D eigenvalue weighted by molar-refractivity contribution is 6.28. The van der Waals surface area contributed by atoms with Crippen LogP contribution in [-0.4, -0.2) is 18.7 Å². The zero-order chi connectivity index (χ0) is 49.9. The van der Waals surface area contributed by atoms with E-state index >= 15 is 0 Å². The summed E-state index contributed by atoms with van der Waals surface area (Å²) in [5.74, 6) is 0. The van der Waals surface area contributed by atoms with Gasteiger partial charge >= 0.3 is 0 Å². The molecule has 76 heavy (non-hydrogen) atoms. The summed E-state index contributed by atoms with van der Waals surface area (Å²) < 4.78 is 27.2. The summed E-state index contributed by atoms with van der Waals surface area (Å²) in [4.78, 5) is 9.80. The Balaban J connectivity index is 1.15. The average molecular weight is 971 g/mol. The standard InChI is InChI=1S/C67H34N6O3/c1-69-61-46(36-68)62(71-48-23-8-2-19-43(48)57-51(71)32-29-40-37-16-5-11-26-54(37)74-65(40)57)60(47-22-14-15-35-70-47)63(72-49-24-9-3-20-44(49)58-52(72)33-30-41-38-17-6-12-27-55(38)75-66(41)58)64(61)73-50-25-10-4-21-45(50)59-53(73)34-31-42-39-18-7-13-28-56(39)76-67(42)59/h2-35H. The fourth-order valence-corrected chi connectivity index (χ4v) is 12.7. The van der Waals surface area contributed by atoms with Crippen LogP contribution in [0.25, 0.3) is 164 Å². The van der Waals surface area contributed by atoms with Crippen molar-refractivity contribution in [1.29, 1.82) is 5.26 Å². The Hall–Kier alpha value is -10.9. The van der Waals surface area contributed by atoms with Crippen LogP contribution in [0.15, 0.2) is 220 Å². The van der Waals surface area contributed by atoms with Crippen molar-refractivity contribution < 1.29 is 13.3 Å². The van der Waals surface area contributed by atoms with Crippen LogP contribution in [-0.2, 0) is 0 Å². The second-order valence-corrected chi connectivity index (χ2v) is 19.4. The minimum absolute atomic E-state index is 0.172. The van der Waals surface area contributed by atoms with E-state index in [0.717, 1.165) is 131 Å². The lowest BCUT2D eigenvalue weighted by Gasteiger charge is -2.26. The van der Waals surface area contributed by atoms with Gasteiger partial charge in [-0.2, -0.15) is 5.26 Å². The second kappa shape index (κ2) is 14.9. The first-order valence-electron chi connectivity index (χ1n) is 25.1. The molecule has 7 heterocycles. The topological polar surface area (TPSA) is 95.2 Å². The number of aromatic nitrogens is 4. The Kier molecular flexibility index (Phi) is 7.96. The molecule has 0 radical (unpaired) electrons. The predicted octanol–water partition coefficient (Wildman–Crippen LogP) is 18.2. The van der Waals surface area contributed by atoms with Gasteiger partial charge in [0.05, 0.1) is 90.2 Å². The lowest BCUT2D eigenvalue weighted by atomic mass is 9.96. The quantitative estimate of drug-likeness (QED) is 0.164. The van der Waals surface area contributed by atoms with Gasteiger partial charge in [0.25, 0.3) is 0 Å². The van der Waals surface area contributed by atoms with Gasteiger partial charge in [-0.25, -0.2) is 4.85 Å². The Morgan fingerprint density at radius 3 is 1.17 bits per heavy atom. The summed E-state index contributed by atoms with van der Waals surface area (Å²) in [6.07, 6.45) is 1.80. The van der Waals surface area contributed by atoms with Crippen LogP contribution in [0.1, 0.15) is 5.56 Å². The molecule has 0 fully saturated rings. The van der Waals surface area contributed by atoms with Crippen molar-refractivity contribution in [2.45, 2.75) is 0 Å². The monoisotopic (exact) mass is 970 g/mol. The molecular weight excluding hydrogens is 937 g/mol. The number of furan rings is 3. The molecule has 350 valence electrons. The lowest BCUT2D eigenvalue weighted by Crippen LogP contribution is -2.12. The fraction of sp³-hybridized carbons (Fsp3) is 0. The number of rotatable bonds is 4. The van der Waals surface area contributed by atoms with Gasteiger partial charge in [-0.05, 0) is 84.9 Å². The van der Waals surface area contributed by atoms with Crippen LogP contribution >= 0.6 is 0 Å². The minimum Gasteiger partial charge on any atom is -0.455 e. The van der Waals surface area contributed by atoms with E-state index in [1.165, 1.54) is 0 Å². The van der Waals surface area contributed by atoms with Crippen LogP contribution in [0.5, 0.6) is 0 Å². The maximum atomic E-state index is 12.1. The smallest absolute Gasteiger partial charge is 0.232 e. The minimum atomic E-state index is 0.172. The molecule has 0 aliphatic carbocycles. The maximum absolute atomic E-state index is 12.1. The summed E-state index contributed by atoms with van der Waals surface area (Å²) in [7, 11) is 0. The fourth-order valence-electron chi connectivity index (χ4n) is 12.7. The van der Waals surface area contributed by atoms with Gasteiger partial charge in [0.2, 0.25) is 5.69 Å². The average Bonchev–Trinajstić information content (AvgIpc) is 4.48. The van der Waals surface area contributed by atoms with Crippen molar-refractivity contribution in [3.63, 3.8) is 0 Å². The number of para-hydroxylation sites is 6. The Labute approximate surface area is 429 Å². The van der Waals surface area contributed by atoms with E-state index in [4.69, 9.17) is 18.2 Å². The molecule has 0 unspecified atom stereocenters. The van der Waals surface area contributed by atoms with Crippen LogP contribution in [0.3, 0.4) is 0 Å². The highest BCUT2D eigenvalue weighted by atomic mass is 16.3. The number of fused-ring (bicyclic) bond motifs is 21. The van der Waals surface area contributed by atoms with Crippen molar-refractivity contribution in [3.05, 3.63) is 223 Å². The highest BCUT2D eigenvalue weighted by Crippen LogP contribution is 2.53. The van der Waals surface area contributed by atoms with Gasteiger partial charge in [0, 0.05) is 60.2 Å². The molecule has 0 spiro atoms. The summed E-state index contributed by atoms with van der Waals surface area (Å²) in [6.45, 7) is 9.54. The molecule has 0 atom stereocenters. The molecule has 10 aromatic carbocycles. The van der Waals surface area contributed by atoms with E-state index < -0.39 is 0 Å². The molecule has 0 N–H and O–H groups in total. The molecular formula is C67H34N6O3. The molecule has 0 aliphatic rings. The highest BCUT2D eigenvalue weighted by Gasteiger charge is 2.35. The SMILES string of the molecule is [C-]#[N+]c1c(C#N)c(-n2c3ccccc3c3c4oc5ccccc5c4ccc32)c(-c2ccccn2)c(-n2c3ccccc3c3c4oc5ccccc5c4ccc32)c1-n1c2ccccc2c2c3oc4ccccc4c3ccc21. The molecule has 0 bridgehead atoms.